The molecule has 3 heterocycles. The fourth-order valence-corrected chi connectivity index (χ4v) is 2.68. The molecule has 0 fully saturated rings. The van der Waals surface area contributed by atoms with E-state index >= 15 is 0 Å². The molecule has 7 nitrogen and oxygen atoms in total. The minimum Gasteiger partial charge on any atom is -0.467 e. The van der Waals surface area contributed by atoms with Crippen molar-refractivity contribution >= 4 is 5.91 Å². The minimum absolute atomic E-state index is 0.108. The van der Waals surface area contributed by atoms with Crippen molar-refractivity contribution in [1.82, 2.24) is 25.1 Å². The number of amides is 1. The third kappa shape index (κ3) is 3.92. The van der Waals surface area contributed by atoms with E-state index < -0.39 is 0 Å². The standard InChI is InChI=1S/C20H17N5O2/c26-20(22-14-17-9-5-11-27-17)19-23-18(12-15-6-2-1-3-7-15)25(24-19)16-8-4-10-21-13-16/h1-11,13H,12,14H2,(H,22,26). The maximum absolute atomic E-state index is 12.5. The fourth-order valence-electron chi connectivity index (χ4n) is 2.68. The Morgan fingerprint density at radius 3 is 2.70 bits per heavy atom. The lowest BCUT2D eigenvalue weighted by Crippen LogP contribution is -2.24. The van der Waals surface area contributed by atoms with Crippen molar-refractivity contribution in [2.45, 2.75) is 13.0 Å². The molecular formula is C20H17N5O2. The summed E-state index contributed by atoms with van der Waals surface area (Å²) < 4.78 is 6.88. The number of nitrogens with one attached hydrogen (secondary N) is 1. The van der Waals surface area contributed by atoms with Crippen molar-refractivity contribution < 1.29 is 9.21 Å². The van der Waals surface area contributed by atoms with E-state index in [9.17, 15) is 4.79 Å². The summed E-state index contributed by atoms with van der Waals surface area (Å²) in [5.74, 6) is 1.08. The molecule has 0 saturated carbocycles. The second kappa shape index (κ2) is 7.65. The van der Waals surface area contributed by atoms with Crippen LogP contribution in [0.5, 0.6) is 0 Å². The molecule has 0 aliphatic rings. The maximum atomic E-state index is 12.5. The Hall–Kier alpha value is -3.74. The number of pyridine rings is 1. The van der Waals surface area contributed by atoms with Crippen LogP contribution in [0.2, 0.25) is 0 Å². The first kappa shape index (κ1) is 16.7. The van der Waals surface area contributed by atoms with Crippen molar-refractivity contribution in [2.24, 2.45) is 0 Å². The minimum atomic E-state index is -0.358. The van der Waals surface area contributed by atoms with Gasteiger partial charge in [-0.3, -0.25) is 9.78 Å². The van der Waals surface area contributed by atoms with Crippen molar-refractivity contribution in [1.29, 1.82) is 0 Å². The van der Waals surface area contributed by atoms with Gasteiger partial charge in [0.05, 0.1) is 24.7 Å². The summed E-state index contributed by atoms with van der Waals surface area (Å²) in [4.78, 5) is 21.1. The number of aromatic nitrogens is 4. The van der Waals surface area contributed by atoms with Gasteiger partial charge in [0.15, 0.2) is 0 Å². The molecular weight excluding hydrogens is 342 g/mol. The maximum Gasteiger partial charge on any atom is 0.291 e. The average molecular weight is 359 g/mol. The molecule has 1 aromatic carbocycles. The van der Waals surface area contributed by atoms with Gasteiger partial charge in [0.25, 0.3) is 5.91 Å². The molecule has 0 unspecified atom stereocenters. The van der Waals surface area contributed by atoms with E-state index in [-0.39, 0.29) is 18.3 Å². The molecule has 0 spiro atoms. The van der Waals surface area contributed by atoms with Crippen LogP contribution in [0, 0.1) is 0 Å². The van der Waals surface area contributed by atoms with Crippen LogP contribution in [-0.2, 0) is 13.0 Å². The zero-order chi connectivity index (χ0) is 18.5. The zero-order valence-corrected chi connectivity index (χ0v) is 14.4. The summed E-state index contributed by atoms with van der Waals surface area (Å²) in [7, 11) is 0. The largest absolute Gasteiger partial charge is 0.467 e. The predicted molar refractivity (Wildman–Crippen MR) is 98.3 cm³/mol. The Morgan fingerprint density at radius 1 is 1.07 bits per heavy atom. The van der Waals surface area contributed by atoms with Gasteiger partial charge < -0.3 is 9.73 Å². The van der Waals surface area contributed by atoms with E-state index in [1.807, 2.05) is 42.5 Å². The first-order valence-electron chi connectivity index (χ1n) is 8.50. The molecule has 27 heavy (non-hydrogen) atoms. The summed E-state index contributed by atoms with van der Waals surface area (Å²) in [5.41, 5.74) is 1.83. The van der Waals surface area contributed by atoms with Crippen LogP contribution >= 0.6 is 0 Å². The normalized spacial score (nSPS) is 10.7. The number of hydrogen-bond donors (Lipinski definition) is 1. The first-order valence-corrected chi connectivity index (χ1v) is 8.50. The third-order valence-corrected chi connectivity index (χ3v) is 3.98. The average Bonchev–Trinajstić information content (AvgIpc) is 3.38. The predicted octanol–water partition coefficient (Wildman–Crippen LogP) is 2.78. The van der Waals surface area contributed by atoms with Crippen LogP contribution in [0.1, 0.15) is 27.8 Å². The van der Waals surface area contributed by atoms with Crippen LogP contribution < -0.4 is 5.32 Å². The van der Waals surface area contributed by atoms with Gasteiger partial charge in [-0.2, -0.15) is 0 Å². The molecule has 0 bridgehead atoms. The lowest BCUT2D eigenvalue weighted by atomic mass is 10.1. The van der Waals surface area contributed by atoms with Gasteiger partial charge in [-0.1, -0.05) is 30.3 Å². The molecule has 0 saturated heterocycles. The van der Waals surface area contributed by atoms with Gasteiger partial charge in [-0.05, 0) is 29.8 Å². The van der Waals surface area contributed by atoms with Gasteiger partial charge in [0.1, 0.15) is 11.6 Å². The van der Waals surface area contributed by atoms with Crippen LogP contribution in [0.15, 0.2) is 77.7 Å². The highest BCUT2D eigenvalue weighted by molar-refractivity contribution is 5.90. The lowest BCUT2D eigenvalue weighted by molar-refractivity contribution is 0.0937. The second-order valence-corrected chi connectivity index (χ2v) is 5.90. The van der Waals surface area contributed by atoms with E-state index in [1.165, 1.54) is 0 Å². The quantitative estimate of drug-likeness (QED) is 0.572. The van der Waals surface area contributed by atoms with Crippen LogP contribution in [0.4, 0.5) is 0 Å². The monoisotopic (exact) mass is 359 g/mol. The van der Waals surface area contributed by atoms with E-state index in [0.29, 0.717) is 18.0 Å². The Labute approximate surface area is 155 Å². The molecule has 0 atom stereocenters. The number of benzene rings is 1. The summed E-state index contributed by atoms with van der Waals surface area (Å²) in [6.07, 6.45) is 5.49. The Bertz CT molecular complexity index is 1010. The van der Waals surface area contributed by atoms with Crippen LogP contribution in [0.25, 0.3) is 5.69 Å². The van der Waals surface area contributed by atoms with E-state index in [0.717, 1.165) is 11.3 Å². The van der Waals surface area contributed by atoms with Crippen LogP contribution in [0.3, 0.4) is 0 Å². The highest BCUT2D eigenvalue weighted by atomic mass is 16.3. The first-order chi connectivity index (χ1) is 13.3. The lowest BCUT2D eigenvalue weighted by Gasteiger charge is -2.05. The Balaban J connectivity index is 1.61. The molecule has 4 aromatic rings. The molecule has 7 heteroatoms. The number of furan rings is 1. The summed E-state index contributed by atoms with van der Waals surface area (Å²) >= 11 is 0. The highest BCUT2D eigenvalue weighted by Gasteiger charge is 2.18. The number of rotatable bonds is 6. The number of hydrogen-bond acceptors (Lipinski definition) is 5. The molecule has 134 valence electrons. The van der Waals surface area contributed by atoms with Gasteiger partial charge >= 0.3 is 0 Å². The highest BCUT2D eigenvalue weighted by Crippen LogP contribution is 2.13. The van der Waals surface area contributed by atoms with Gasteiger partial charge in [0, 0.05) is 12.6 Å². The number of nitrogens with zero attached hydrogens (tertiary/aromatic N) is 4. The molecule has 0 aliphatic carbocycles. The molecule has 4 rings (SSSR count). The van der Waals surface area contributed by atoms with Gasteiger partial charge in [0.2, 0.25) is 5.82 Å². The fraction of sp³-hybridized carbons (Fsp3) is 0.100. The van der Waals surface area contributed by atoms with Gasteiger partial charge in [-0.25, -0.2) is 9.67 Å². The third-order valence-electron chi connectivity index (χ3n) is 3.98. The van der Waals surface area contributed by atoms with Gasteiger partial charge in [-0.15, -0.1) is 5.10 Å². The van der Waals surface area contributed by atoms with Crippen LogP contribution in [-0.4, -0.2) is 25.7 Å². The van der Waals surface area contributed by atoms with Crippen molar-refractivity contribution in [3.05, 3.63) is 96.2 Å². The van der Waals surface area contributed by atoms with Crippen molar-refractivity contribution in [3.63, 3.8) is 0 Å². The van der Waals surface area contributed by atoms with Crippen molar-refractivity contribution in [3.8, 4) is 5.69 Å². The Morgan fingerprint density at radius 2 is 1.96 bits per heavy atom. The molecule has 1 amide bonds. The zero-order valence-electron chi connectivity index (χ0n) is 14.4. The smallest absolute Gasteiger partial charge is 0.291 e. The topological polar surface area (TPSA) is 85.8 Å². The number of carbonyl (C=O) groups excluding carboxylic acids is 1. The molecule has 0 aliphatic heterocycles. The molecule has 1 N–H and O–H groups in total. The van der Waals surface area contributed by atoms with E-state index in [1.54, 1.807) is 35.5 Å². The molecule has 3 aromatic heterocycles. The summed E-state index contributed by atoms with van der Waals surface area (Å²) in [6, 6.07) is 17.2. The summed E-state index contributed by atoms with van der Waals surface area (Å²) in [6.45, 7) is 0.279. The van der Waals surface area contributed by atoms with Crippen molar-refractivity contribution in [2.75, 3.05) is 0 Å². The number of carbonyl (C=O) groups is 1. The second-order valence-electron chi connectivity index (χ2n) is 5.90. The molecule has 0 radical (unpaired) electrons. The SMILES string of the molecule is O=C(NCc1ccco1)c1nc(Cc2ccccc2)n(-c2cccnc2)n1. The van der Waals surface area contributed by atoms with E-state index in [2.05, 4.69) is 20.4 Å². The Kier molecular flexibility index (Phi) is 4.74. The van der Waals surface area contributed by atoms with E-state index in [4.69, 9.17) is 4.42 Å². The summed E-state index contributed by atoms with van der Waals surface area (Å²) in [5, 5.41) is 7.17.